The van der Waals surface area contributed by atoms with Crippen molar-refractivity contribution in [2.45, 2.75) is 43.6 Å². The summed E-state index contributed by atoms with van der Waals surface area (Å²) >= 11 is 0. The van der Waals surface area contributed by atoms with Crippen LogP contribution < -0.4 is 4.90 Å². The highest BCUT2D eigenvalue weighted by Gasteiger charge is 2.58. The first-order chi connectivity index (χ1) is 16.1. The molecule has 3 aromatic rings. The minimum absolute atomic E-state index is 0.0766. The van der Waals surface area contributed by atoms with Crippen LogP contribution >= 0.6 is 0 Å². The van der Waals surface area contributed by atoms with Gasteiger partial charge in [0.25, 0.3) is 5.91 Å². The van der Waals surface area contributed by atoms with E-state index >= 15 is 0 Å². The number of hydrogen-bond acceptors (Lipinski definition) is 6. The lowest BCUT2D eigenvalue weighted by atomic mass is 9.89. The summed E-state index contributed by atoms with van der Waals surface area (Å²) in [6.07, 6.45) is 4.30. The third kappa shape index (κ3) is 2.84. The molecule has 3 aliphatic heterocycles. The maximum absolute atomic E-state index is 13.6. The molecule has 0 radical (unpaired) electrons. The van der Waals surface area contributed by atoms with Crippen LogP contribution in [-0.4, -0.2) is 45.3 Å². The molecule has 0 saturated carbocycles. The number of hydrogen-bond donors (Lipinski definition) is 0. The number of rotatable bonds is 2. The van der Waals surface area contributed by atoms with Crippen LogP contribution in [0, 0.1) is 22.7 Å². The number of piperidine rings is 1. The third-order valence-corrected chi connectivity index (χ3v) is 7.28. The molecular weight excluding hydrogens is 416 g/mol. The van der Waals surface area contributed by atoms with E-state index in [0.717, 1.165) is 18.7 Å². The van der Waals surface area contributed by atoms with E-state index in [4.69, 9.17) is 4.74 Å². The molecule has 2 aromatic heterocycles. The van der Waals surface area contributed by atoms with Gasteiger partial charge in [0.1, 0.15) is 29.7 Å². The van der Waals surface area contributed by atoms with Crippen LogP contribution in [0.1, 0.15) is 48.4 Å². The highest BCUT2D eigenvalue weighted by molar-refractivity contribution is 5.88. The van der Waals surface area contributed by atoms with Gasteiger partial charge in [0, 0.05) is 25.9 Å². The van der Waals surface area contributed by atoms with Gasteiger partial charge in [0.15, 0.2) is 5.60 Å². The van der Waals surface area contributed by atoms with E-state index in [-0.39, 0.29) is 18.2 Å². The van der Waals surface area contributed by atoms with Gasteiger partial charge in [-0.15, -0.1) is 0 Å². The minimum Gasteiger partial charge on any atom is -0.356 e. The fraction of sp³-hybridized carbons (Fsp3) is 0.360. The molecule has 0 bridgehead atoms. The molecule has 2 unspecified atom stereocenters. The lowest BCUT2D eigenvalue weighted by Gasteiger charge is -2.38. The van der Waals surface area contributed by atoms with E-state index < -0.39 is 5.60 Å². The van der Waals surface area contributed by atoms with Crippen molar-refractivity contribution in [2.24, 2.45) is 0 Å². The second-order valence-electron chi connectivity index (χ2n) is 8.92. The lowest BCUT2D eigenvalue weighted by Crippen LogP contribution is -2.50. The summed E-state index contributed by atoms with van der Waals surface area (Å²) < 4.78 is 8.11. The van der Waals surface area contributed by atoms with Crippen molar-refractivity contribution in [3.05, 3.63) is 65.4 Å². The molecule has 6 rings (SSSR count). The molecule has 164 valence electrons. The van der Waals surface area contributed by atoms with Crippen LogP contribution in [-0.2, 0) is 9.53 Å². The molecule has 8 heteroatoms. The maximum atomic E-state index is 13.6. The van der Waals surface area contributed by atoms with Crippen LogP contribution in [0.25, 0.3) is 5.52 Å². The van der Waals surface area contributed by atoms with Crippen LogP contribution in [0.3, 0.4) is 0 Å². The molecule has 1 amide bonds. The predicted molar refractivity (Wildman–Crippen MR) is 119 cm³/mol. The number of amides is 1. The topological polar surface area (TPSA) is 97.7 Å². The summed E-state index contributed by atoms with van der Waals surface area (Å²) in [6, 6.07) is 18.1. The van der Waals surface area contributed by atoms with Gasteiger partial charge in [-0.25, -0.2) is 4.52 Å². The number of nitrogens with zero attached hydrogens (tertiary/aromatic N) is 6. The summed E-state index contributed by atoms with van der Waals surface area (Å²) in [6.45, 7) is 1.26. The molecule has 0 aliphatic carbocycles. The summed E-state index contributed by atoms with van der Waals surface area (Å²) in [7, 11) is 0. The maximum Gasteiger partial charge on any atom is 0.257 e. The van der Waals surface area contributed by atoms with Crippen LogP contribution in [0.15, 0.2) is 48.7 Å². The van der Waals surface area contributed by atoms with Crippen molar-refractivity contribution in [3.63, 3.8) is 0 Å². The number of carbonyl (C=O) groups is 1. The Kier molecular flexibility index (Phi) is 4.39. The number of nitriles is 2. The molecule has 3 saturated heterocycles. The average molecular weight is 438 g/mol. The Morgan fingerprint density at radius 1 is 1.00 bits per heavy atom. The van der Waals surface area contributed by atoms with Crippen molar-refractivity contribution >= 4 is 17.2 Å². The van der Waals surface area contributed by atoms with Crippen LogP contribution in [0.2, 0.25) is 0 Å². The smallest absolute Gasteiger partial charge is 0.257 e. The number of fused-ring (bicyclic) bond motifs is 2. The van der Waals surface area contributed by atoms with Gasteiger partial charge in [0.05, 0.1) is 23.4 Å². The molecule has 5 heterocycles. The summed E-state index contributed by atoms with van der Waals surface area (Å²) in [5.74, 6) is 0.919. The molecule has 33 heavy (non-hydrogen) atoms. The Bertz CT molecular complexity index is 1330. The minimum atomic E-state index is -0.776. The second-order valence-corrected chi connectivity index (χ2v) is 8.92. The second kappa shape index (κ2) is 7.33. The highest BCUT2D eigenvalue weighted by atomic mass is 16.6. The van der Waals surface area contributed by atoms with E-state index in [1.165, 1.54) is 11.8 Å². The van der Waals surface area contributed by atoms with Gasteiger partial charge in [-0.05, 0) is 30.5 Å². The first-order valence-corrected chi connectivity index (χ1v) is 11.3. The summed E-state index contributed by atoms with van der Waals surface area (Å²) in [5.41, 5.74) is 1.71. The Hall–Kier alpha value is -3.88. The normalized spacial score (nSPS) is 23.6. The predicted octanol–water partition coefficient (Wildman–Crippen LogP) is 3.14. The van der Waals surface area contributed by atoms with Gasteiger partial charge >= 0.3 is 0 Å². The Morgan fingerprint density at radius 2 is 1.76 bits per heavy atom. The fourth-order valence-electron chi connectivity index (χ4n) is 5.64. The molecule has 0 N–H and O–H groups in total. The van der Waals surface area contributed by atoms with E-state index in [2.05, 4.69) is 34.3 Å². The molecular formula is C25H22N6O2. The van der Waals surface area contributed by atoms with E-state index in [1.807, 2.05) is 29.2 Å². The van der Waals surface area contributed by atoms with Gasteiger partial charge < -0.3 is 14.5 Å². The molecule has 3 aliphatic rings. The zero-order valence-electron chi connectivity index (χ0n) is 18.0. The molecule has 3 fully saturated rings. The van der Waals surface area contributed by atoms with E-state index in [1.54, 1.807) is 10.6 Å². The van der Waals surface area contributed by atoms with Crippen molar-refractivity contribution in [2.75, 3.05) is 18.0 Å². The lowest BCUT2D eigenvalue weighted by molar-refractivity contribution is -0.140. The average Bonchev–Trinajstić information content (AvgIpc) is 3.54. The SMILES string of the molecule is N#Cc1ccc(N2CCC3(CC2)OC2CCC(c4ccccc4)N2C3=O)n2ncc(C#N)c12. The zero-order valence-corrected chi connectivity index (χ0v) is 18.0. The fourth-order valence-corrected chi connectivity index (χ4v) is 5.64. The first-order valence-electron chi connectivity index (χ1n) is 11.3. The van der Waals surface area contributed by atoms with Gasteiger partial charge in [-0.1, -0.05) is 30.3 Å². The zero-order chi connectivity index (χ0) is 22.6. The molecule has 1 aromatic carbocycles. The van der Waals surface area contributed by atoms with Crippen molar-refractivity contribution in [1.29, 1.82) is 10.5 Å². The Labute approximate surface area is 191 Å². The standard InChI is InChI=1S/C25H22N6O2/c26-14-18-6-8-21(31-23(18)19(15-27)16-28-31)29-12-10-25(11-13-29)24(32)30-20(7-9-22(30)33-25)17-4-2-1-3-5-17/h1-6,8,16,20,22H,7,9-13H2. The molecule has 1 spiro atoms. The number of benzene rings is 1. The monoisotopic (exact) mass is 438 g/mol. The Balaban J connectivity index is 1.25. The number of pyridine rings is 1. The quantitative estimate of drug-likeness (QED) is 0.610. The van der Waals surface area contributed by atoms with Gasteiger partial charge in [-0.3, -0.25) is 4.79 Å². The number of ether oxygens (including phenoxy) is 1. The van der Waals surface area contributed by atoms with E-state index in [9.17, 15) is 15.3 Å². The highest BCUT2D eigenvalue weighted by Crippen LogP contribution is 2.47. The van der Waals surface area contributed by atoms with Crippen molar-refractivity contribution in [3.8, 4) is 12.1 Å². The molecule has 8 nitrogen and oxygen atoms in total. The summed E-state index contributed by atoms with van der Waals surface area (Å²) in [4.78, 5) is 17.7. The van der Waals surface area contributed by atoms with Gasteiger partial charge in [0.2, 0.25) is 0 Å². The van der Waals surface area contributed by atoms with E-state index in [0.29, 0.717) is 42.6 Å². The number of anilines is 1. The first kappa shape index (κ1) is 19.8. The van der Waals surface area contributed by atoms with Crippen molar-refractivity contribution in [1.82, 2.24) is 14.5 Å². The summed E-state index contributed by atoms with van der Waals surface area (Å²) in [5, 5.41) is 23.2. The number of carbonyl (C=O) groups excluding carboxylic acids is 1. The number of aromatic nitrogens is 2. The largest absolute Gasteiger partial charge is 0.356 e. The molecule has 2 atom stereocenters. The third-order valence-electron chi connectivity index (χ3n) is 7.28. The Morgan fingerprint density at radius 3 is 2.48 bits per heavy atom. The van der Waals surface area contributed by atoms with Crippen LogP contribution in [0.4, 0.5) is 5.82 Å². The van der Waals surface area contributed by atoms with Crippen LogP contribution in [0.5, 0.6) is 0 Å². The van der Waals surface area contributed by atoms with Gasteiger partial charge in [-0.2, -0.15) is 15.6 Å². The van der Waals surface area contributed by atoms with Crippen molar-refractivity contribution < 1.29 is 9.53 Å².